The minimum atomic E-state index is -4.71. The Morgan fingerprint density at radius 3 is 2.55 bits per heavy atom. The van der Waals surface area contributed by atoms with Crippen molar-refractivity contribution in [3.63, 3.8) is 0 Å². The molecule has 33 heavy (non-hydrogen) atoms. The molecule has 1 fully saturated rings. The molecule has 0 bridgehead atoms. The number of aromatic nitrogens is 1. The smallest absolute Gasteiger partial charge is 0.406 e. The summed E-state index contributed by atoms with van der Waals surface area (Å²) in [5, 5.41) is 2.89. The van der Waals surface area contributed by atoms with Gasteiger partial charge in [-0.3, -0.25) is 14.7 Å². The molecular weight excluding hydrogens is 433 g/mol. The van der Waals surface area contributed by atoms with Gasteiger partial charge in [0.15, 0.2) is 0 Å². The molecule has 6 nitrogen and oxygen atoms in total. The summed E-state index contributed by atoms with van der Waals surface area (Å²) in [6.45, 7) is 3.89. The van der Waals surface area contributed by atoms with Gasteiger partial charge in [-0.05, 0) is 55.0 Å². The summed E-state index contributed by atoms with van der Waals surface area (Å²) < 4.78 is 41.1. The fourth-order valence-corrected chi connectivity index (χ4v) is 3.81. The fourth-order valence-electron chi connectivity index (χ4n) is 3.81. The van der Waals surface area contributed by atoms with E-state index in [4.69, 9.17) is 0 Å². The molecule has 0 saturated carbocycles. The fraction of sp³-hybridized carbons (Fsp3) is 0.250. The van der Waals surface area contributed by atoms with E-state index in [9.17, 15) is 18.0 Å². The number of anilines is 2. The number of amides is 1. The molecule has 1 aromatic heterocycles. The lowest BCUT2D eigenvalue weighted by Crippen LogP contribution is -2.29. The lowest BCUT2D eigenvalue weighted by Gasteiger charge is -2.22. The summed E-state index contributed by atoms with van der Waals surface area (Å²) in [6, 6.07) is 17.1. The summed E-state index contributed by atoms with van der Waals surface area (Å²) in [7, 11) is 0. The van der Waals surface area contributed by atoms with Crippen molar-refractivity contribution in [2.24, 2.45) is 0 Å². The van der Waals surface area contributed by atoms with Crippen molar-refractivity contribution in [2.45, 2.75) is 25.9 Å². The molecule has 3 aromatic rings. The average Bonchev–Trinajstić information content (AvgIpc) is 3.14. The molecular formula is C24H23F3N4O2. The maximum atomic E-state index is 12.8. The molecule has 1 saturated heterocycles. The summed E-state index contributed by atoms with van der Waals surface area (Å²) in [5.41, 5.74) is 2.85. The molecule has 1 N–H and O–H groups in total. The number of hydrogen-bond donors (Lipinski definition) is 1. The van der Waals surface area contributed by atoms with Gasteiger partial charge in [-0.15, -0.1) is 13.2 Å². The van der Waals surface area contributed by atoms with Crippen molar-refractivity contribution in [3.8, 4) is 5.75 Å². The quantitative estimate of drug-likeness (QED) is 0.572. The molecule has 2 aromatic carbocycles. The summed E-state index contributed by atoms with van der Waals surface area (Å²) >= 11 is 0. The van der Waals surface area contributed by atoms with E-state index in [2.05, 4.69) is 31.8 Å². The zero-order valence-corrected chi connectivity index (χ0v) is 17.9. The Bertz CT molecular complexity index is 1090. The van der Waals surface area contributed by atoms with Crippen LogP contribution in [0.4, 0.5) is 24.5 Å². The van der Waals surface area contributed by atoms with E-state index < -0.39 is 6.36 Å². The Morgan fingerprint density at radius 2 is 1.85 bits per heavy atom. The SMILES string of the molecule is CC1CN(c2ccc(OC(F)(F)F)cc2)CN1Cc1ccncc1C(=O)Nc1ccccc1. The van der Waals surface area contributed by atoms with Gasteiger partial charge in [0.05, 0.1) is 12.2 Å². The van der Waals surface area contributed by atoms with Crippen molar-refractivity contribution in [1.82, 2.24) is 9.88 Å². The Hall–Kier alpha value is -3.59. The van der Waals surface area contributed by atoms with Gasteiger partial charge in [0.2, 0.25) is 0 Å². The normalized spacial score (nSPS) is 16.6. The second-order valence-corrected chi connectivity index (χ2v) is 7.85. The maximum absolute atomic E-state index is 12.8. The van der Waals surface area contributed by atoms with Crippen molar-refractivity contribution >= 4 is 17.3 Å². The highest BCUT2D eigenvalue weighted by molar-refractivity contribution is 6.05. The number of ether oxygens (including phenoxy) is 1. The van der Waals surface area contributed by atoms with E-state index in [0.29, 0.717) is 31.0 Å². The first-order valence-corrected chi connectivity index (χ1v) is 10.4. The van der Waals surface area contributed by atoms with Crippen LogP contribution in [-0.4, -0.2) is 41.4 Å². The Labute approximate surface area is 189 Å². The van der Waals surface area contributed by atoms with Crippen molar-refractivity contribution in [1.29, 1.82) is 0 Å². The number of para-hydroxylation sites is 1. The van der Waals surface area contributed by atoms with Crippen LogP contribution in [0.25, 0.3) is 0 Å². The number of alkyl halides is 3. The molecule has 4 rings (SSSR count). The van der Waals surface area contributed by atoms with E-state index in [1.54, 1.807) is 24.5 Å². The third-order valence-electron chi connectivity index (χ3n) is 5.46. The predicted molar refractivity (Wildman–Crippen MR) is 119 cm³/mol. The second kappa shape index (κ2) is 9.50. The van der Waals surface area contributed by atoms with Crippen LogP contribution in [0, 0.1) is 0 Å². The van der Waals surface area contributed by atoms with Gasteiger partial charge in [0.25, 0.3) is 5.91 Å². The first-order valence-electron chi connectivity index (χ1n) is 10.4. The molecule has 1 amide bonds. The van der Waals surface area contributed by atoms with Gasteiger partial charge in [0.1, 0.15) is 5.75 Å². The van der Waals surface area contributed by atoms with Gasteiger partial charge < -0.3 is 15.0 Å². The standard InChI is InChI=1S/C24H23F3N4O2/c1-17-14-31(20-7-9-21(10-8-20)33-24(25,26)27)16-30(17)15-18-11-12-28-13-22(18)23(32)29-19-5-3-2-4-6-19/h2-13,17H,14-16H2,1H3,(H,29,32). The van der Waals surface area contributed by atoms with Crippen LogP contribution in [0.5, 0.6) is 5.75 Å². The number of nitrogens with zero attached hydrogens (tertiary/aromatic N) is 3. The topological polar surface area (TPSA) is 57.7 Å². The minimum absolute atomic E-state index is 0.175. The number of pyridine rings is 1. The van der Waals surface area contributed by atoms with Gasteiger partial charge in [-0.25, -0.2) is 0 Å². The van der Waals surface area contributed by atoms with Crippen LogP contribution in [0.3, 0.4) is 0 Å². The summed E-state index contributed by atoms with van der Waals surface area (Å²) in [5.74, 6) is -0.477. The molecule has 1 aliphatic rings. The molecule has 1 atom stereocenters. The predicted octanol–water partition coefficient (Wildman–Crippen LogP) is 4.90. The molecule has 0 spiro atoms. The van der Waals surface area contributed by atoms with E-state index in [1.807, 2.05) is 36.4 Å². The first kappa shape index (κ1) is 22.6. The summed E-state index contributed by atoms with van der Waals surface area (Å²) in [6.07, 6.45) is -1.49. The third kappa shape index (κ3) is 5.81. The third-order valence-corrected chi connectivity index (χ3v) is 5.46. The summed E-state index contributed by atoms with van der Waals surface area (Å²) in [4.78, 5) is 21.2. The largest absolute Gasteiger partial charge is 0.573 e. The Morgan fingerprint density at radius 1 is 1.12 bits per heavy atom. The number of halogens is 3. The molecule has 2 heterocycles. The lowest BCUT2D eigenvalue weighted by molar-refractivity contribution is -0.274. The molecule has 0 radical (unpaired) electrons. The number of rotatable bonds is 6. The number of hydrogen-bond acceptors (Lipinski definition) is 5. The Balaban J connectivity index is 1.43. The van der Waals surface area contributed by atoms with Gasteiger partial charge in [-0.1, -0.05) is 18.2 Å². The zero-order valence-electron chi connectivity index (χ0n) is 17.9. The number of nitrogens with one attached hydrogen (secondary N) is 1. The molecule has 1 aliphatic heterocycles. The van der Waals surface area contributed by atoms with E-state index >= 15 is 0 Å². The van der Waals surface area contributed by atoms with Crippen LogP contribution < -0.4 is 15.0 Å². The van der Waals surface area contributed by atoms with Crippen molar-refractivity contribution in [2.75, 3.05) is 23.4 Å². The van der Waals surface area contributed by atoms with Crippen LogP contribution in [0.15, 0.2) is 73.1 Å². The highest BCUT2D eigenvalue weighted by Crippen LogP contribution is 2.28. The maximum Gasteiger partial charge on any atom is 0.573 e. The highest BCUT2D eigenvalue weighted by atomic mass is 19.4. The van der Waals surface area contributed by atoms with Gasteiger partial charge in [0, 0.05) is 42.9 Å². The lowest BCUT2D eigenvalue weighted by atomic mass is 10.1. The van der Waals surface area contributed by atoms with E-state index in [-0.39, 0.29) is 17.7 Å². The van der Waals surface area contributed by atoms with Crippen LogP contribution in [0.1, 0.15) is 22.8 Å². The monoisotopic (exact) mass is 456 g/mol. The number of carbonyl (C=O) groups is 1. The van der Waals surface area contributed by atoms with E-state index in [1.165, 1.54) is 12.1 Å². The van der Waals surface area contributed by atoms with Crippen LogP contribution in [0.2, 0.25) is 0 Å². The minimum Gasteiger partial charge on any atom is -0.406 e. The van der Waals surface area contributed by atoms with Gasteiger partial charge in [-0.2, -0.15) is 0 Å². The highest BCUT2D eigenvalue weighted by Gasteiger charge is 2.32. The Kier molecular flexibility index (Phi) is 6.50. The molecule has 172 valence electrons. The second-order valence-electron chi connectivity index (χ2n) is 7.85. The number of carbonyl (C=O) groups excluding carboxylic acids is 1. The average molecular weight is 456 g/mol. The first-order chi connectivity index (χ1) is 15.8. The van der Waals surface area contributed by atoms with Crippen LogP contribution >= 0.6 is 0 Å². The van der Waals surface area contributed by atoms with Gasteiger partial charge >= 0.3 is 6.36 Å². The number of benzene rings is 2. The van der Waals surface area contributed by atoms with Crippen molar-refractivity contribution < 1.29 is 22.7 Å². The van der Waals surface area contributed by atoms with E-state index in [0.717, 1.165) is 11.3 Å². The van der Waals surface area contributed by atoms with Crippen LogP contribution in [-0.2, 0) is 6.54 Å². The molecule has 0 aliphatic carbocycles. The molecule has 9 heteroatoms. The van der Waals surface area contributed by atoms with Crippen molar-refractivity contribution in [3.05, 3.63) is 84.2 Å². The zero-order chi connectivity index (χ0) is 23.4. The molecule has 1 unspecified atom stereocenters.